The smallest absolute Gasteiger partial charge is 0.319 e. The van der Waals surface area contributed by atoms with Crippen LogP contribution < -0.4 is 10.6 Å². The van der Waals surface area contributed by atoms with Crippen LogP contribution in [0.25, 0.3) is 0 Å². The van der Waals surface area contributed by atoms with Crippen molar-refractivity contribution in [3.63, 3.8) is 0 Å². The van der Waals surface area contributed by atoms with E-state index in [1.54, 1.807) is 12.3 Å². The number of aromatic nitrogens is 3. The highest BCUT2D eigenvalue weighted by Crippen LogP contribution is 2.18. The molecule has 0 aliphatic heterocycles. The Balaban J connectivity index is 1.57. The van der Waals surface area contributed by atoms with Crippen molar-refractivity contribution in [2.45, 2.75) is 32.2 Å². The second-order valence-electron chi connectivity index (χ2n) is 5.10. The van der Waals surface area contributed by atoms with E-state index >= 15 is 0 Å². The maximum atomic E-state index is 12.0. The van der Waals surface area contributed by atoms with Crippen LogP contribution in [-0.4, -0.2) is 27.3 Å². The van der Waals surface area contributed by atoms with Gasteiger partial charge in [0.1, 0.15) is 0 Å². The number of H-pyrrole nitrogens is 1. The summed E-state index contributed by atoms with van der Waals surface area (Å²) in [5.74, 6) is 0. The summed E-state index contributed by atoms with van der Waals surface area (Å²) in [6.45, 7) is 1.89. The molecule has 0 bridgehead atoms. The number of fused-ring (bicyclic) bond motifs is 1. The van der Waals surface area contributed by atoms with Crippen molar-refractivity contribution in [2.75, 3.05) is 5.32 Å². The molecular formula is C14H17N5O. The minimum absolute atomic E-state index is 0.156. The Bertz CT molecular complexity index is 622. The first-order valence-corrected chi connectivity index (χ1v) is 6.72. The molecule has 0 spiro atoms. The van der Waals surface area contributed by atoms with E-state index < -0.39 is 0 Å². The van der Waals surface area contributed by atoms with Crippen LogP contribution in [0.15, 0.2) is 24.5 Å². The van der Waals surface area contributed by atoms with Crippen molar-refractivity contribution in [3.8, 4) is 0 Å². The van der Waals surface area contributed by atoms with Crippen LogP contribution >= 0.6 is 0 Å². The molecular weight excluding hydrogens is 254 g/mol. The average Bonchev–Trinajstić information content (AvgIpc) is 2.86. The molecule has 2 heterocycles. The number of carbonyl (C=O) groups is 1. The fourth-order valence-electron chi connectivity index (χ4n) is 2.52. The van der Waals surface area contributed by atoms with Gasteiger partial charge in [-0.25, -0.2) is 4.79 Å². The van der Waals surface area contributed by atoms with E-state index in [1.807, 2.05) is 19.2 Å². The van der Waals surface area contributed by atoms with Gasteiger partial charge in [-0.1, -0.05) is 0 Å². The van der Waals surface area contributed by atoms with Crippen molar-refractivity contribution >= 4 is 11.7 Å². The van der Waals surface area contributed by atoms with Gasteiger partial charge in [-0.3, -0.25) is 10.1 Å². The van der Waals surface area contributed by atoms with Gasteiger partial charge in [0, 0.05) is 29.3 Å². The van der Waals surface area contributed by atoms with E-state index in [0.29, 0.717) is 0 Å². The molecule has 2 aromatic rings. The number of amides is 2. The molecule has 0 radical (unpaired) electrons. The molecule has 2 aromatic heterocycles. The SMILES string of the molecule is Cc1cc(NC(=O)N[C@H]2CCc3[nH]ncc3C2)ccn1. The van der Waals surface area contributed by atoms with Gasteiger partial charge in [-0.15, -0.1) is 0 Å². The number of aromatic amines is 1. The monoisotopic (exact) mass is 271 g/mol. The quantitative estimate of drug-likeness (QED) is 0.778. The number of anilines is 1. The van der Waals surface area contributed by atoms with Crippen molar-refractivity contribution in [1.82, 2.24) is 20.5 Å². The number of rotatable bonds is 2. The Morgan fingerprint density at radius 2 is 2.40 bits per heavy atom. The Hall–Kier alpha value is -2.37. The molecule has 0 saturated carbocycles. The van der Waals surface area contributed by atoms with Crippen LogP contribution in [0.5, 0.6) is 0 Å². The highest BCUT2D eigenvalue weighted by Gasteiger charge is 2.21. The molecule has 6 nitrogen and oxygen atoms in total. The van der Waals surface area contributed by atoms with E-state index in [4.69, 9.17) is 0 Å². The molecule has 104 valence electrons. The number of hydrogen-bond acceptors (Lipinski definition) is 3. The fourth-order valence-corrected chi connectivity index (χ4v) is 2.52. The van der Waals surface area contributed by atoms with Crippen LogP contribution in [0.1, 0.15) is 23.4 Å². The molecule has 20 heavy (non-hydrogen) atoms. The van der Waals surface area contributed by atoms with Gasteiger partial charge in [0.25, 0.3) is 0 Å². The number of nitrogens with one attached hydrogen (secondary N) is 3. The fraction of sp³-hybridized carbons (Fsp3) is 0.357. The number of pyridine rings is 1. The van der Waals surface area contributed by atoms with E-state index in [2.05, 4.69) is 25.8 Å². The number of carbonyl (C=O) groups excluding carboxylic acids is 1. The zero-order valence-electron chi connectivity index (χ0n) is 11.3. The lowest BCUT2D eigenvalue weighted by molar-refractivity contribution is 0.247. The van der Waals surface area contributed by atoms with Crippen LogP contribution in [0.2, 0.25) is 0 Å². The van der Waals surface area contributed by atoms with E-state index in [-0.39, 0.29) is 12.1 Å². The topological polar surface area (TPSA) is 82.7 Å². The third-order valence-electron chi connectivity index (χ3n) is 3.51. The molecule has 3 N–H and O–H groups in total. The number of nitrogens with zero attached hydrogens (tertiary/aromatic N) is 2. The first kappa shape index (κ1) is 12.7. The molecule has 1 aliphatic carbocycles. The van der Waals surface area contributed by atoms with Crippen LogP contribution in [-0.2, 0) is 12.8 Å². The van der Waals surface area contributed by atoms with Gasteiger partial charge in [0.2, 0.25) is 0 Å². The highest BCUT2D eigenvalue weighted by atomic mass is 16.2. The summed E-state index contributed by atoms with van der Waals surface area (Å²) >= 11 is 0. The van der Waals surface area contributed by atoms with Gasteiger partial charge in [0.05, 0.1) is 6.20 Å². The van der Waals surface area contributed by atoms with Crippen LogP contribution in [0.4, 0.5) is 10.5 Å². The maximum absolute atomic E-state index is 12.0. The molecule has 2 amide bonds. The van der Waals surface area contributed by atoms with Gasteiger partial charge in [-0.2, -0.15) is 5.10 Å². The first-order valence-electron chi connectivity index (χ1n) is 6.72. The van der Waals surface area contributed by atoms with Gasteiger partial charge >= 0.3 is 6.03 Å². The standard InChI is InChI=1S/C14H17N5O/c1-9-6-12(4-5-15-9)18-14(20)17-11-2-3-13-10(7-11)8-16-19-13/h4-6,8,11H,2-3,7H2,1H3,(H,16,19)(H2,15,17,18,20)/t11-/m0/s1. The predicted octanol–water partition coefficient (Wildman–Crippen LogP) is 1.79. The van der Waals surface area contributed by atoms with Gasteiger partial charge in [0.15, 0.2) is 0 Å². The van der Waals surface area contributed by atoms with Crippen molar-refractivity contribution in [3.05, 3.63) is 41.5 Å². The second kappa shape index (κ2) is 5.32. The third-order valence-corrected chi connectivity index (χ3v) is 3.51. The Labute approximate surface area is 117 Å². The van der Waals surface area contributed by atoms with E-state index in [0.717, 1.165) is 30.6 Å². The summed E-state index contributed by atoms with van der Waals surface area (Å²) in [6, 6.07) is 3.60. The van der Waals surface area contributed by atoms with Crippen molar-refractivity contribution < 1.29 is 4.79 Å². The summed E-state index contributed by atoms with van der Waals surface area (Å²) in [6.07, 6.45) is 6.21. The molecule has 6 heteroatoms. The average molecular weight is 271 g/mol. The lowest BCUT2D eigenvalue weighted by atomic mass is 9.94. The summed E-state index contributed by atoms with van der Waals surface area (Å²) in [4.78, 5) is 16.1. The van der Waals surface area contributed by atoms with Crippen molar-refractivity contribution in [1.29, 1.82) is 0 Å². The molecule has 0 unspecified atom stereocenters. The largest absolute Gasteiger partial charge is 0.335 e. The van der Waals surface area contributed by atoms with Gasteiger partial charge < -0.3 is 10.6 Å². The first-order chi connectivity index (χ1) is 9.70. The maximum Gasteiger partial charge on any atom is 0.319 e. The van der Waals surface area contributed by atoms with Crippen molar-refractivity contribution in [2.24, 2.45) is 0 Å². The number of hydrogen-bond donors (Lipinski definition) is 3. The zero-order valence-corrected chi connectivity index (χ0v) is 11.3. The summed E-state index contributed by atoms with van der Waals surface area (Å²) in [5.41, 5.74) is 4.02. The molecule has 3 rings (SSSR count). The van der Waals surface area contributed by atoms with Crippen LogP contribution in [0.3, 0.4) is 0 Å². The molecule has 0 aromatic carbocycles. The summed E-state index contributed by atoms with van der Waals surface area (Å²) in [5, 5.41) is 12.9. The predicted molar refractivity (Wildman–Crippen MR) is 75.5 cm³/mol. The van der Waals surface area contributed by atoms with E-state index in [9.17, 15) is 4.79 Å². The minimum Gasteiger partial charge on any atom is -0.335 e. The van der Waals surface area contributed by atoms with Gasteiger partial charge in [-0.05, 0) is 43.9 Å². The zero-order chi connectivity index (χ0) is 13.9. The Morgan fingerprint density at radius 3 is 3.25 bits per heavy atom. The van der Waals surface area contributed by atoms with E-state index in [1.165, 1.54) is 11.3 Å². The number of aryl methyl sites for hydroxylation is 2. The Morgan fingerprint density at radius 1 is 1.50 bits per heavy atom. The van der Waals surface area contributed by atoms with Crippen LogP contribution in [0, 0.1) is 6.92 Å². The molecule has 1 atom stereocenters. The second-order valence-corrected chi connectivity index (χ2v) is 5.10. The lowest BCUT2D eigenvalue weighted by Crippen LogP contribution is -2.41. The third kappa shape index (κ3) is 2.79. The molecule has 0 saturated heterocycles. The normalized spacial score (nSPS) is 17.4. The summed E-state index contributed by atoms with van der Waals surface area (Å²) < 4.78 is 0. The minimum atomic E-state index is -0.174. The Kier molecular flexibility index (Phi) is 3.37. The highest BCUT2D eigenvalue weighted by molar-refractivity contribution is 5.89. The molecule has 1 aliphatic rings. The molecule has 0 fully saturated rings. The lowest BCUT2D eigenvalue weighted by Gasteiger charge is -2.23. The summed E-state index contributed by atoms with van der Waals surface area (Å²) in [7, 11) is 0. The number of urea groups is 1.